The van der Waals surface area contributed by atoms with Gasteiger partial charge in [-0.05, 0) is 116 Å². The summed E-state index contributed by atoms with van der Waals surface area (Å²) in [6.07, 6.45) is 76.2. The number of carbonyl (C=O) groups excluding carboxylic acids is 2. The number of unbranched alkanes of at least 4 members (excludes halogenated alkanes) is 23. The maximum Gasteiger partial charge on any atom is 0.306 e. The van der Waals surface area contributed by atoms with Crippen LogP contribution in [0.4, 0.5) is 0 Å². The molecule has 490 valence electrons. The van der Waals surface area contributed by atoms with E-state index in [1.54, 1.807) is 6.08 Å². The molecule has 1 amide bonds. The van der Waals surface area contributed by atoms with E-state index in [2.05, 4.69) is 148 Å². The van der Waals surface area contributed by atoms with Gasteiger partial charge in [0.15, 0.2) is 12.4 Å². The Bertz CT molecular complexity index is 1910. The van der Waals surface area contributed by atoms with Crippen molar-refractivity contribution in [3.05, 3.63) is 134 Å². The highest BCUT2D eigenvalue weighted by Gasteiger charge is 2.47. The summed E-state index contributed by atoms with van der Waals surface area (Å²) in [5, 5.41) is 57.2. The van der Waals surface area contributed by atoms with Crippen LogP contribution >= 0.6 is 0 Å². The number of hydrogen-bond donors (Lipinski definition) is 6. The Balaban J connectivity index is 2.63. The molecule has 0 saturated carbocycles. The summed E-state index contributed by atoms with van der Waals surface area (Å²) in [6.45, 7) is 5.55. The van der Waals surface area contributed by atoms with E-state index in [1.165, 1.54) is 44.9 Å². The predicted octanol–water partition coefficient (Wildman–Crippen LogP) is 17.6. The van der Waals surface area contributed by atoms with Gasteiger partial charge in [-0.3, -0.25) is 9.59 Å². The van der Waals surface area contributed by atoms with Crippen LogP contribution in [0.1, 0.15) is 265 Å². The first-order valence-corrected chi connectivity index (χ1v) is 34.5. The van der Waals surface area contributed by atoms with Crippen LogP contribution in [0, 0.1) is 0 Å². The van der Waals surface area contributed by atoms with Crippen LogP contribution in [0.3, 0.4) is 0 Å². The zero-order valence-corrected chi connectivity index (χ0v) is 54.4. The smallest absolute Gasteiger partial charge is 0.306 e. The normalized spacial score (nSPS) is 19.2. The lowest BCUT2D eigenvalue weighted by molar-refractivity contribution is -0.305. The minimum absolute atomic E-state index is 0.102. The van der Waals surface area contributed by atoms with Crippen molar-refractivity contribution in [1.29, 1.82) is 0 Å². The molecule has 0 aliphatic carbocycles. The maximum absolute atomic E-state index is 13.5. The molecule has 1 aliphatic rings. The molecule has 86 heavy (non-hydrogen) atoms. The SMILES string of the molecule is CC/C=C\C/C=C\C/C=C\C/C=C\C/C=C\CCCCCCCCCC(=O)OC1C(OCC(NC(=O)C(O)CCCCCCCC/C=C\C/C=C\C/C=C\C/C=C\C/C=C\CC)C(O)/C=C/CCCCCCCCCCCC)OC(CO)C(O)C1O. The zero-order valence-electron chi connectivity index (χ0n) is 54.4. The molecule has 1 fully saturated rings. The fourth-order valence-electron chi connectivity index (χ4n) is 9.94. The minimum atomic E-state index is -1.63. The predicted molar refractivity (Wildman–Crippen MR) is 361 cm³/mol. The number of allylic oxidation sites excluding steroid dienone is 21. The molecular formula is C75H125NO10. The highest BCUT2D eigenvalue weighted by Crippen LogP contribution is 2.26. The van der Waals surface area contributed by atoms with Gasteiger partial charge in [0.25, 0.3) is 0 Å². The van der Waals surface area contributed by atoms with Crippen molar-refractivity contribution >= 4 is 11.9 Å². The summed E-state index contributed by atoms with van der Waals surface area (Å²) in [5.74, 6) is -1.22. The standard InChI is InChI=1S/C75H125NO10/c1-4-7-10-13-16-19-22-25-27-29-31-33-35-37-39-41-43-45-48-51-54-57-60-63-70(80)86-73-72(82)71(81)69(64-77)85-75(73)84-65-66(67(78)61-58-55-52-49-46-24-21-18-15-12-9-6-3)76-74(83)68(79)62-59-56-53-50-47-44-42-40-38-36-34-32-30-28-26-23-20-17-14-11-8-5-2/h7-8,10-11,16-17,19-20,25-28,31-34,37-40,58,61,66-69,71-73,75,77-79,81-82H,4-6,9,12-15,18,21-24,29-30,35-36,41-57,59-60,62-65H2,1-3H3,(H,76,83)/b10-7-,11-8-,19-16-,20-17-,27-25-,28-26-,33-31-,34-32-,39-37-,40-38-,61-58+. The Morgan fingerprint density at radius 2 is 0.837 bits per heavy atom. The monoisotopic (exact) mass is 1200 g/mol. The topological polar surface area (TPSA) is 175 Å². The molecule has 0 radical (unpaired) electrons. The van der Waals surface area contributed by atoms with E-state index in [4.69, 9.17) is 14.2 Å². The average Bonchev–Trinajstić information content (AvgIpc) is 3.39. The molecular weight excluding hydrogens is 1070 g/mol. The van der Waals surface area contributed by atoms with E-state index < -0.39 is 67.4 Å². The van der Waals surface area contributed by atoms with E-state index in [0.29, 0.717) is 12.8 Å². The summed E-state index contributed by atoms with van der Waals surface area (Å²) in [5.41, 5.74) is 0. The van der Waals surface area contributed by atoms with Crippen LogP contribution < -0.4 is 5.32 Å². The summed E-state index contributed by atoms with van der Waals surface area (Å²) >= 11 is 0. The first kappa shape index (κ1) is 79.8. The molecule has 8 atom stereocenters. The molecule has 11 heteroatoms. The van der Waals surface area contributed by atoms with E-state index >= 15 is 0 Å². The Morgan fingerprint density at radius 1 is 0.465 bits per heavy atom. The average molecular weight is 1200 g/mol. The minimum Gasteiger partial charge on any atom is -0.454 e. The van der Waals surface area contributed by atoms with Crippen molar-refractivity contribution in [2.75, 3.05) is 13.2 Å². The van der Waals surface area contributed by atoms with Crippen LogP contribution in [0.2, 0.25) is 0 Å². The largest absolute Gasteiger partial charge is 0.454 e. The van der Waals surface area contributed by atoms with Crippen LogP contribution in [-0.2, 0) is 23.8 Å². The molecule has 1 aliphatic heterocycles. The third-order valence-corrected chi connectivity index (χ3v) is 15.3. The molecule has 1 heterocycles. The zero-order chi connectivity index (χ0) is 62.4. The number of esters is 1. The molecule has 0 aromatic heterocycles. The van der Waals surface area contributed by atoms with Crippen molar-refractivity contribution in [2.45, 2.75) is 314 Å². The molecule has 0 aromatic carbocycles. The lowest BCUT2D eigenvalue weighted by atomic mass is 9.99. The second-order valence-electron chi connectivity index (χ2n) is 23.1. The van der Waals surface area contributed by atoms with Gasteiger partial charge in [0.1, 0.15) is 24.4 Å². The molecule has 0 bridgehead atoms. The van der Waals surface area contributed by atoms with E-state index in [-0.39, 0.29) is 19.4 Å². The Hall–Kier alpha value is -4.20. The Kier molecular flexibility index (Phi) is 56.7. The van der Waals surface area contributed by atoms with Crippen molar-refractivity contribution in [2.24, 2.45) is 0 Å². The molecule has 8 unspecified atom stereocenters. The maximum atomic E-state index is 13.5. The summed E-state index contributed by atoms with van der Waals surface area (Å²) in [7, 11) is 0. The van der Waals surface area contributed by atoms with Crippen molar-refractivity contribution in [3.63, 3.8) is 0 Å². The summed E-state index contributed by atoms with van der Waals surface area (Å²) in [6, 6.07) is -1.04. The summed E-state index contributed by atoms with van der Waals surface area (Å²) in [4.78, 5) is 26.7. The third-order valence-electron chi connectivity index (χ3n) is 15.3. The Labute approximate surface area is 524 Å². The summed E-state index contributed by atoms with van der Waals surface area (Å²) < 4.78 is 17.7. The second kappa shape index (κ2) is 61.1. The first-order chi connectivity index (χ1) is 42.2. The first-order valence-electron chi connectivity index (χ1n) is 34.5. The number of carbonyl (C=O) groups is 2. The van der Waals surface area contributed by atoms with Gasteiger partial charge in [-0.1, -0.05) is 276 Å². The molecule has 0 aromatic rings. The van der Waals surface area contributed by atoms with Crippen LogP contribution in [0.5, 0.6) is 0 Å². The number of ether oxygens (including phenoxy) is 3. The van der Waals surface area contributed by atoms with Crippen LogP contribution in [0.15, 0.2) is 134 Å². The van der Waals surface area contributed by atoms with Gasteiger partial charge in [-0.25, -0.2) is 0 Å². The number of amides is 1. The van der Waals surface area contributed by atoms with E-state index in [1.807, 2.05) is 6.08 Å². The lowest BCUT2D eigenvalue weighted by Gasteiger charge is -2.41. The molecule has 1 saturated heterocycles. The number of aliphatic hydroxyl groups is 5. The van der Waals surface area contributed by atoms with Gasteiger partial charge in [0, 0.05) is 6.42 Å². The van der Waals surface area contributed by atoms with Crippen LogP contribution in [0.25, 0.3) is 0 Å². The van der Waals surface area contributed by atoms with E-state index in [0.717, 1.165) is 173 Å². The van der Waals surface area contributed by atoms with Gasteiger partial charge < -0.3 is 45.1 Å². The van der Waals surface area contributed by atoms with Gasteiger partial charge >= 0.3 is 5.97 Å². The van der Waals surface area contributed by atoms with Crippen molar-refractivity contribution in [1.82, 2.24) is 5.32 Å². The molecule has 6 N–H and O–H groups in total. The second-order valence-corrected chi connectivity index (χ2v) is 23.1. The number of aliphatic hydroxyl groups excluding tert-OH is 5. The lowest BCUT2D eigenvalue weighted by Crippen LogP contribution is -2.61. The van der Waals surface area contributed by atoms with E-state index in [9.17, 15) is 35.1 Å². The van der Waals surface area contributed by atoms with Crippen LogP contribution in [-0.4, -0.2) is 99.6 Å². The highest BCUT2D eigenvalue weighted by atomic mass is 16.7. The van der Waals surface area contributed by atoms with Gasteiger partial charge in [-0.2, -0.15) is 0 Å². The van der Waals surface area contributed by atoms with Crippen molar-refractivity contribution in [3.8, 4) is 0 Å². The fraction of sp³-hybridized carbons (Fsp3) is 0.680. The van der Waals surface area contributed by atoms with Gasteiger partial charge in [0.05, 0.1) is 25.4 Å². The highest BCUT2D eigenvalue weighted by molar-refractivity contribution is 5.80. The number of nitrogens with one attached hydrogen (secondary N) is 1. The number of rotatable bonds is 57. The molecule has 11 nitrogen and oxygen atoms in total. The molecule has 0 spiro atoms. The van der Waals surface area contributed by atoms with Gasteiger partial charge in [0.2, 0.25) is 5.91 Å². The van der Waals surface area contributed by atoms with Gasteiger partial charge in [-0.15, -0.1) is 0 Å². The Morgan fingerprint density at radius 3 is 1.26 bits per heavy atom. The molecule has 1 rings (SSSR count). The van der Waals surface area contributed by atoms with Crippen molar-refractivity contribution < 1.29 is 49.3 Å². The quantitative estimate of drug-likeness (QED) is 0.0195. The number of hydrogen-bond acceptors (Lipinski definition) is 10. The fourth-order valence-corrected chi connectivity index (χ4v) is 9.94. The third kappa shape index (κ3) is 47.8.